The van der Waals surface area contributed by atoms with E-state index in [1.807, 2.05) is 55.5 Å². The maximum Gasteiger partial charge on any atom is 0.241 e. The number of nitrogens with one attached hydrogen (secondary N) is 2. The van der Waals surface area contributed by atoms with E-state index in [4.69, 9.17) is 0 Å². The van der Waals surface area contributed by atoms with E-state index in [1.165, 1.54) is 5.39 Å². The topological polar surface area (TPSA) is 58.2 Å². The smallest absolute Gasteiger partial charge is 0.241 e. The van der Waals surface area contributed by atoms with Gasteiger partial charge in [0.25, 0.3) is 0 Å². The molecule has 0 heterocycles. The number of anilines is 1. The lowest BCUT2D eigenvalue weighted by molar-refractivity contribution is 0.562. The highest BCUT2D eigenvalue weighted by molar-refractivity contribution is 7.89. The first-order valence-corrected chi connectivity index (χ1v) is 11.4. The van der Waals surface area contributed by atoms with Gasteiger partial charge in [-0.1, -0.05) is 78.4 Å². The minimum Gasteiger partial charge on any atom is -0.383 e. The van der Waals surface area contributed by atoms with Crippen molar-refractivity contribution in [2.45, 2.75) is 17.9 Å². The Kier molecular flexibility index (Phi) is 5.84. The molecule has 0 saturated carbocycles. The van der Waals surface area contributed by atoms with E-state index in [1.54, 1.807) is 24.3 Å². The molecule has 4 rings (SSSR count). The fourth-order valence-electron chi connectivity index (χ4n) is 3.40. The molecule has 0 saturated heterocycles. The van der Waals surface area contributed by atoms with Gasteiger partial charge in [0.2, 0.25) is 10.0 Å². The maximum atomic E-state index is 13.0. The van der Waals surface area contributed by atoms with Crippen molar-refractivity contribution in [2.75, 3.05) is 11.9 Å². The average molecular weight is 417 g/mol. The molecule has 4 aromatic carbocycles. The van der Waals surface area contributed by atoms with E-state index < -0.39 is 16.1 Å². The van der Waals surface area contributed by atoms with Gasteiger partial charge in [-0.15, -0.1) is 0 Å². The molecule has 0 aliphatic rings. The van der Waals surface area contributed by atoms with Crippen molar-refractivity contribution in [2.24, 2.45) is 0 Å². The number of rotatable bonds is 7. The van der Waals surface area contributed by atoms with Crippen molar-refractivity contribution in [3.05, 3.63) is 108 Å². The van der Waals surface area contributed by atoms with Crippen LogP contribution in [0.5, 0.6) is 0 Å². The Morgan fingerprint density at radius 1 is 0.767 bits per heavy atom. The van der Waals surface area contributed by atoms with Crippen LogP contribution in [0.2, 0.25) is 0 Å². The monoisotopic (exact) mass is 416 g/mol. The van der Waals surface area contributed by atoms with Crippen molar-refractivity contribution in [1.29, 1.82) is 0 Å². The van der Waals surface area contributed by atoms with Crippen LogP contribution in [0.3, 0.4) is 0 Å². The Hall–Kier alpha value is -3.15. The maximum absolute atomic E-state index is 13.0. The van der Waals surface area contributed by atoms with Gasteiger partial charge in [-0.2, -0.15) is 0 Å². The fraction of sp³-hybridized carbons (Fsp3) is 0.120. The van der Waals surface area contributed by atoms with Gasteiger partial charge in [0.05, 0.1) is 10.9 Å². The SMILES string of the molecule is Cc1ccc(S(=O)(=O)N[C@@H](CNc2ccc3ccccc3c2)c2ccccc2)cc1. The van der Waals surface area contributed by atoms with Crippen LogP contribution in [0.4, 0.5) is 5.69 Å². The standard InChI is InChI=1S/C25H24N2O2S/c1-19-11-15-24(16-12-19)30(28,29)27-25(21-8-3-2-4-9-21)18-26-23-14-13-20-7-5-6-10-22(20)17-23/h2-17,25-27H,18H2,1H3/t25-/m0/s1. The molecule has 0 aromatic heterocycles. The molecule has 0 unspecified atom stereocenters. The van der Waals surface area contributed by atoms with Crippen molar-refractivity contribution in [3.8, 4) is 0 Å². The molecular formula is C25H24N2O2S. The average Bonchev–Trinajstić information content (AvgIpc) is 2.77. The fourth-order valence-corrected chi connectivity index (χ4v) is 4.63. The van der Waals surface area contributed by atoms with Gasteiger partial charge in [0.15, 0.2) is 0 Å². The summed E-state index contributed by atoms with van der Waals surface area (Å²) in [5, 5.41) is 5.70. The van der Waals surface area contributed by atoms with Gasteiger partial charge in [-0.05, 0) is 47.5 Å². The van der Waals surface area contributed by atoms with Crippen molar-refractivity contribution in [3.63, 3.8) is 0 Å². The molecule has 0 radical (unpaired) electrons. The third-order valence-corrected chi connectivity index (χ3v) is 6.58. The van der Waals surface area contributed by atoms with Crippen LogP contribution >= 0.6 is 0 Å². The molecular weight excluding hydrogens is 392 g/mol. The first-order valence-electron chi connectivity index (χ1n) is 9.88. The lowest BCUT2D eigenvalue weighted by atomic mass is 10.1. The molecule has 0 amide bonds. The quantitative estimate of drug-likeness (QED) is 0.431. The molecule has 1 atom stereocenters. The zero-order valence-corrected chi connectivity index (χ0v) is 17.6. The predicted octanol–water partition coefficient (Wildman–Crippen LogP) is 5.28. The molecule has 0 bridgehead atoms. The summed E-state index contributed by atoms with van der Waals surface area (Å²) in [5.74, 6) is 0. The molecule has 4 aromatic rings. The molecule has 4 nitrogen and oxygen atoms in total. The second kappa shape index (κ2) is 8.69. The van der Waals surface area contributed by atoms with E-state index in [0.29, 0.717) is 6.54 Å². The van der Waals surface area contributed by atoms with Crippen LogP contribution in [0.1, 0.15) is 17.2 Å². The molecule has 152 valence electrons. The first-order chi connectivity index (χ1) is 14.5. The van der Waals surface area contributed by atoms with E-state index in [-0.39, 0.29) is 4.90 Å². The van der Waals surface area contributed by atoms with Gasteiger partial charge in [-0.25, -0.2) is 13.1 Å². The highest BCUT2D eigenvalue weighted by Gasteiger charge is 2.21. The van der Waals surface area contributed by atoms with Crippen LogP contribution in [0, 0.1) is 6.92 Å². The van der Waals surface area contributed by atoms with Gasteiger partial charge < -0.3 is 5.32 Å². The Labute approximate surface area is 177 Å². The summed E-state index contributed by atoms with van der Waals surface area (Å²) in [6.07, 6.45) is 0. The third-order valence-electron chi connectivity index (χ3n) is 5.09. The second-order valence-electron chi connectivity index (χ2n) is 7.34. The number of benzene rings is 4. The number of fused-ring (bicyclic) bond motifs is 1. The molecule has 0 aliphatic carbocycles. The second-order valence-corrected chi connectivity index (χ2v) is 9.05. The van der Waals surface area contributed by atoms with E-state index in [0.717, 1.165) is 22.2 Å². The van der Waals surface area contributed by atoms with Gasteiger partial charge in [0, 0.05) is 12.2 Å². The molecule has 0 fully saturated rings. The highest BCUT2D eigenvalue weighted by atomic mass is 32.2. The van der Waals surface area contributed by atoms with Crippen LogP contribution in [-0.4, -0.2) is 15.0 Å². The summed E-state index contributed by atoms with van der Waals surface area (Å²) >= 11 is 0. The zero-order valence-electron chi connectivity index (χ0n) is 16.7. The number of hydrogen-bond donors (Lipinski definition) is 2. The van der Waals surface area contributed by atoms with Crippen molar-refractivity contribution >= 4 is 26.5 Å². The third kappa shape index (κ3) is 4.70. The van der Waals surface area contributed by atoms with Crippen molar-refractivity contribution in [1.82, 2.24) is 4.72 Å². The molecule has 30 heavy (non-hydrogen) atoms. The molecule has 5 heteroatoms. The largest absolute Gasteiger partial charge is 0.383 e. The number of hydrogen-bond acceptors (Lipinski definition) is 3. The molecule has 0 spiro atoms. The first kappa shape index (κ1) is 20.1. The van der Waals surface area contributed by atoms with Crippen LogP contribution in [0.25, 0.3) is 10.8 Å². The van der Waals surface area contributed by atoms with Crippen LogP contribution in [-0.2, 0) is 10.0 Å². The Morgan fingerprint density at radius 3 is 2.17 bits per heavy atom. The Morgan fingerprint density at radius 2 is 1.43 bits per heavy atom. The Bertz CT molecular complexity index is 1240. The predicted molar refractivity (Wildman–Crippen MR) is 123 cm³/mol. The number of aryl methyl sites for hydroxylation is 1. The summed E-state index contributed by atoms with van der Waals surface area (Å²) < 4.78 is 28.8. The summed E-state index contributed by atoms with van der Waals surface area (Å²) in [7, 11) is -3.65. The highest BCUT2D eigenvalue weighted by Crippen LogP contribution is 2.22. The molecule has 0 aliphatic heterocycles. The minimum absolute atomic E-state index is 0.264. The molecule has 2 N–H and O–H groups in total. The van der Waals surface area contributed by atoms with Gasteiger partial charge >= 0.3 is 0 Å². The summed E-state index contributed by atoms with van der Waals surface area (Å²) in [4.78, 5) is 0.264. The Balaban J connectivity index is 1.57. The number of sulfonamides is 1. The van der Waals surface area contributed by atoms with E-state index >= 15 is 0 Å². The van der Waals surface area contributed by atoms with Gasteiger partial charge in [-0.3, -0.25) is 0 Å². The summed E-state index contributed by atoms with van der Waals surface area (Å²) in [6, 6.07) is 30.4. The lowest BCUT2D eigenvalue weighted by Gasteiger charge is -2.21. The van der Waals surface area contributed by atoms with E-state index in [2.05, 4.69) is 34.3 Å². The lowest BCUT2D eigenvalue weighted by Crippen LogP contribution is -2.33. The zero-order chi connectivity index (χ0) is 21.0. The van der Waals surface area contributed by atoms with Crippen LogP contribution in [0.15, 0.2) is 102 Å². The minimum atomic E-state index is -3.65. The van der Waals surface area contributed by atoms with Crippen LogP contribution < -0.4 is 10.0 Å². The normalized spacial score (nSPS) is 12.6. The van der Waals surface area contributed by atoms with Gasteiger partial charge in [0.1, 0.15) is 0 Å². The van der Waals surface area contributed by atoms with Crippen molar-refractivity contribution < 1.29 is 8.42 Å². The summed E-state index contributed by atoms with van der Waals surface area (Å²) in [5.41, 5.74) is 2.87. The summed E-state index contributed by atoms with van der Waals surface area (Å²) in [6.45, 7) is 2.36. The van der Waals surface area contributed by atoms with E-state index in [9.17, 15) is 8.42 Å².